The monoisotopic (exact) mass is 303 g/mol. The van der Waals surface area contributed by atoms with Gasteiger partial charge in [0.25, 0.3) is 0 Å². The Morgan fingerprint density at radius 1 is 0.955 bits per heavy atom. The first kappa shape index (κ1) is 15.8. The molecule has 1 aromatic heterocycles. The molecule has 4 nitrogen and oxygen atoms in total. The van der Waals surface area contributed by atoms with E-state index in [1.54, 1.807) is 12.4 Å². The van der Waals surface area contributed by atoms with E-state index in [1.807, 2.05) is 12.1 Å². The molecule has 2 fully saturated rings. The number of hydroxylamine groups is 2. The summed E-state index contributed by atoms with van der Waals surface area (Å²) in [5.74, 6) is 0.897. The van der Waals surface area contributed by atoms with Crippen molar-refractivity contribution in [2.24, 2.45) is 5.41 Å². The van der Waals surface area contributed by atoms with Gasteiger partial charge < -0.3 is 4.84 Å². The molecule has 0 saturated carbocycles. The first-order valence-corrected chi connectivity index (χ1v) is 8.55. The molecular weight excluding hydrogens is 274 g/mol. The fraction of sp³-hybridized carbons (Fsp3) is 0.722. The van der Waals surface area contributed by atoms with E-state index in [2.05, 4.69) is 35.7 Å². The van der Waals surface area contributed by atoms with Gasteiger partial charge in [0.15, 0.2) is 5.75 Å². The molecule has 0 unspecified atom stereocenters. The summed E-state index contributed by atoms with van der Waals surface area (Å²) in [5, 5.41) is 2.12. The number of hydrogen-bond acceptors (Lipinski definition) is 4. The SMILES string of the molecule is CC(C)(C)N1CCC2(CCN(Oc3ccncc3)CC2)CC1. The van der Waals surface area contributed by atoms with Crippen molar-refractivity contribution in [3.05, 3.63) is 24.5 Å². The average molecular weight is 303 g/mol. The third-order valence-corrected chi connectivity index (χ3v) is 5.44. The number of rotatable bonds is 2. The van der Waals surface area contributed by atoms with E-state index in [0.29, 0.717) is 11.0 Å². The second-order valence-corrected chi connectivity index (χ2v) is 7.86. The van der Waals surface area contributed by atoms with Gasteiger partial charge >= 0.3 is 0 Å². The van der Waals surface area contributed by atoms with Crippen LogP contribution in [0.4, 0.5) is 0 Å². The minimum absolute atomic E-state index is 0.312. The number of likely N-dealkylation sites (tertiary alicyclic amines) is 1. The van der Waals surface area contributed by atoms with Gasteiger partial charge in [-0.3, -0.25) is 9.88 Å². The number of aromatic nitrogens is 1. The van der Waals surface area contributed by atoms with Gasteiger partial charge in [-0.2, -0.15) is 0 Å². The predicted octanol–water partition coefficient (Wildman–Crippen LogP) is 3.35. The number of piperidine rings is 2. The van der Waals surface area contributed by atoms with Gasteiger partial charge in [-0.05, 0) is 65.0 Å². The Labute approximate surface area is 134 Å². The summed E-state index contributed by atoms with van der Waals surface area (Å²) in [5.41, 5.74) is 0.868. The van der Waals surface area contributed by atoms with E-state index < -0.39 is 0 Å². The minimum Gasteiger partial charge on any atom is -0.406 e. The second-order valence-electron chi connectivity index (χ2n) is 7.86. The van der Waals surface area contributed by atoms with Crippen LogP contribution in [0.25, 0.3) is 0 Å². The van der Waals surface area contributed by atoms with Crippen LogP contribution in [0.1, 0.15) is 46.5 Å². The minimum atomic E-state index is 0.312. The third-order valence-electron chi connectivity index (χ3n) is 5.44. The molecule has 122 valence electrons. The number of nitrogens with zero attached hydrogens (tertiary/aromatic N) is 3. The summed E-state index contributed by atoms with van der Waals surface area (Å²) in [6, 6.07) is 3.85. The highest BCUT2D eigenvalue weighted by Gasteiger charge is 2.39. The van der Waals surface area contributed by atoms with Crippen molar-refractivity contribution in [1.29, 1.82) is 0 Å². The number of hydrogen-bond donors (Lipinski definition) is 0. The lowest BCUT2D eigenvalue weighted by molar-refractivity contribution is -0.110. The van der Waals surface area contributed by atoms with Gasteiger partial charge in [0.05, 0.1) is 0 Å². The first-order valence-electron chi connectivity index (χ1n) is 8.55. The maximum atomic E-state index is 5.95. The van der Waals surface area contributed by atoms with Crippen molar-refractivity contribution in [3.8, 4) is 5.75 Å². The summed E-state index contributed by atoms with van der Waals surface area (Å²) in [7, 11) is 0. The molecule has 0 N–H and O–H groups in total. The van der Waals surface area contributed by atoms with Gasteiger partial charge in [-0.1, -0.05) is 0 Å². The Bertz CT molecular complexity index is 465. The standard InChI is InChI=1S/C18H29N3O/c1-17(2,3)20-12-6-18(7-13-20)8-14-21(15-9-18)22-16-4-10-19-11-5-16/h4-5,10-11H,6-9,12-15H2,1-3H3. The highest BCUT2D eigenvalue weighted by Crippen LogP contribution is 2.42. The fourth-order valence-electron chi connectivity index (χ4n) is 3.75. The fourth-order valence-corrected chi connectivity index (χ4v) is 3.75. The molecular formula is C18H29N3O. The van der Waals surface area contributed by atoms with E-state index in [-0.39, 0.29) is 0 Å². The van der Waals surface area contributed by atoms with Crippen LogP contribution in [0.5, 0.6) is 5.75 Å². The van der Waals surface area contributed by atoms with Crippen molar-refractivity contribution >= 4 is 0 Å². The van der Waals surface area contributed by atoms with Crippen LogP contribution in [0.2, 0.25) is 0 Å². The molecule has 2 saturated heterocycles. The summed E-state index contributed by atoms with van der Waals surface area (Å²) in [6.07, 6.45) is 8.76. The summed E-state index contributed by atoms with van der Waals surface area (Å²) in [4.78, 5) is 12.6. The molecule has 22 heavy (non-hydrogen) atoms. The summed E-state index contributed by atoms with van der Waals surface area (Å²) in [6.45, 7) is 11.6. The highest BCUT2D eigenvalue weighted by atomic mass is 16.7. The van der Waals surface area contributed by atoms with Crippen molar-refractivity contribution < 1.29 is 4.84 Å². The van der Waals surface area contributed by atoms with Crippen LogP contribution in [0.15, 0.2) is 24.5 Å². The number of pyridine rings is 1. The molecule has 3 heterocycles. The molecule has 1 spiro atoms. The smallest absolute Gasteiger partial charge is 0.150 e. The molecule has 0 aliphatic carbocycles. The van der Waals surface area contributed by atoms with Crippen molar-refractivity contribution in [1.82, 2.24) is 14.9 Å². The van der Waals surface area contributed by atoms with Crippen molar-refractivity contribution in [2.45, 2.75) is 52.0 Å². The predicted molar refractivity (Wildman–Crippen MR) is 88.7 cm³/mol. The maximum Gasteiger partial charge on any atom is 0.150 e. The molecule has 0 bridgehead atoms. The molecule has 4 heteroatoms. The Kier molecular flexibility index (Phi) is 4.42. The van der Waals surface area contributed by atoms with E-state index in [9.17, 15) is 0 Å². The van der Waals surface area contributed by atoms with Gasteiger partial charge in [0, 0.05) is 43.2 Å². The van der Waals surface area contributed by atoms with Crippen LogP contribution in [0.3, 0.4) is 0 Å². The zero-order valence-electron chi connectivity index (χ0n) is 14.2. The zero-order chi connectivity index (χ0) is 15.6. The molecule has 2 aliphatic heterocycles. The zero-order valence-corrected chi connectivity index (χ0v) is 14.2. The van der Waals surface area contributed by atoms with Gasteiger partial charge in [0.2, 0.25) is 0 Å². The largest absolute Gasteiger partial charge is 0.406 e. The molecule has 0 amide bonds. The molecule has 2 aliphatic rings. The van der Waals surface area contributed by atoms with Crippen LogP contribution in [-0.2, 0) is 0 Å². The van der Waals surface area contributed by atoms with Crippen LogP contribution < -0.4 is 4.84 Å². The molecule has 0 radical (unpaired) electrons. The molecule has 3 rings (SSSR count). The van der Waals surface area contributed by atoms with E-state index in [1.165, 1.54) is 38.8 Å². The Morgan fingerprint density at radius 2 is 1.50 bits per heavy atom. The Morgan fingerprint density at radius 3 is 2.05 bits per heavy atom. The van der Waals surface area contributed by atoms with Crippen molar-refractivity contribution in [2.75, 3.05) is 26.2 Å². The van der Waals surface area contributed by atoms with E-state index >= 15 is 0 Å². The van der Waals surface area contributed by atoms with Crippen LogP contribution in [0, 0.1) is 5.41 Å². The van der Waals surface area contributed by atoms with E-state index in [0.717, 1.165) is 18.8 Å². The maximum absolute atomic E-state index is 5.95. The van der Waals surface area contributed by atoms with E-state index in [4.69, 9.17) is 4.84 Å². The van der Waals surface area contributed by atoms with Crippen molar-refractivity contribution in [3.63, 3.8) is 0 Å². The lowest BCUT2D eigenvalue weighted by Crippen LogP contribution is -2.52. The highest BCUT2D eigenvalue weighted by molar-refractivity contribution is 5.16. The average Bonchev–Trinajstić information content (AvgIpc) is 2.51. The molecule has 0 atom stereocenters. The molecule has 1 aromatic rings. The van der Waals surface area contributed by atoms with Crippen LogP contribution >= 0.6 is 0 Å². The first-order chi connectivity index (χ1) is 10.5. The Balaban J connectivity index is 1.50. The van der Waals surface area contributed by atoms with Crippen LogP contribution in [-0.4, -0.2) is 46.7 Å². The summed E-state index contributed by atoms with van der Waals surface area (Å²) >= 11 is 0. The topological polar surface area (TPSA) is 28.6 Å². The lowest BCUT2D eigenvalue weighted by Gasteiger charge is -2.49. The third kappa shape index (κ3) is 3.61. The quantitative estimate of drug-likeness (QED) is 0.838. The second kappa shape index (κ2) is 6.17. The van der Waals surface area contributed by atoms with Gasteiger partial charge in [-0.15, -0.1) is 5.06 Å². The lowest BCUT2D eigenvalue weighted by atomic mass is 9.71. The summed E-state index contributed by atoms with van der Waals surface area (Å²) < 4.78 is 0. The molecule has 0 aromatic carbocycles. The van der Waals surface area contributed by atoms with Gasteiger partial charge in [-0.25, -0.2) is 0 Å². The normalized spacial score (nSPS) is 23.6. The Hall–Kier alpha value is -1.13. The van der Waals surface area contributed by atoms with Gasteiger partial charge in [0.1, 0.15) is 0 Å².